The van der Waals surface area contributed by atoms with Gasteiger partial charge in [0.15, 0.2) is 9.84 Å². The molecule has 6 nitrogen and oxygen atoms in total. The number of hydrogen-bond donors (Lipinski definition) is 2. The Bertz CT molecular complexity index is 570. The molecule has 0 saturated heterocycles. The van der Waals surface area contributed by atoms with Gasteiger partial charge < -0.3 is 16.2 Å². The Morgan fingerprint density at radius 2 is 2.06 bits per heavy atom. The summed E-state index contributed by atoms with van der Waals surface area (Å²) >= 11 is 0. The number of nitrogens with two attached hydrogens (primary N) is 2. The van der Waals surface area contributed by atoms with Crippen molar-refractivity contribution in [3.63, 3.8) is 0 Å². The lowest BCUT2D eigenvalue weighted by atomic mass is 10.0. The van der Waals surface area contributed by atoms with E-state index >= 15 is 0 Å². The number of rotatable bonds is 3. The van der Waals surface area contributed by atoms with Crippen LogP contribution in [0.1, 0.15) is 11.6 Å². The molecule has 0 saturated carbocycles. The predicted octanol–water partition coefficient (Wildman–Crippen LogP) is -0.652. The lowest BCUT2D eigenvalue weighted by Crippen LogP contribution is -2.44. The van der Waals surface area contributed by atoms with Gasteiger partial charge in [0.2, 0.25) is 5.91 Å². The Morgan fingerprint density at radius 1 is 1.39 bits per heavy atom. The zero-order chi connectivity index (χ0) is 13.3. The summed E-state index contributed by atoms with van der Waals surface area (Å²) in [5.74, 6) is -1.02. The number of primary amides is 1. The van der Waals surface area contributed by atoms with Gasteiger partial charge in [-0.1, -0.05) is 18.2 Å². The second kappa shape index (κ2) is 4.58. The van der Waals surface area contributed by atoms with Crippen molar-refractivity contribution in [3.8, 4) is 5.75 Å². The Kier molecular flexibility index (Phi) is 3.27. The van der Waals surface area contributed by atoms with Gasteiger partial charge in [0.1, 0.15) is 23.4 Å². The first kappa shape index (κ1) is 12.8. The molecule has 1 heterocycles. The van der Waals surface area contributed by atoms with Crippen molar-refractivity contribution in [3.05, 3.63) is 29.8 Å². The first-order chi connectivity index (χ1) is 8.42. The summed E-state index contributed by atoms with van der Waals surface area (Å²) in [4.78, 5) is 10.8. The third kappa shape index (κ3) is 2.32. The van der Waals surface area contributed by atoms with Crippen LogP contribution < -0.4 is 16.2 Å². The van der Waals surface area contributed by atoms with E-state index in [9.17, 15) is 13.2 Å². The van der Waals surface area contributed by atoms with Gasteiger partial charge in [0.25, 0.3) is 0 Å². The molecule has 1 aliphatic rings. The second-order valence-electron chi connectivity index (χ2n) is 4.19. The van der Waals surface area contributed by atoms with Crippen molar-refractivity contribution in [2.75, 3.05) is 12.4 Å². The van der Waals surface area contributed by atoms with Crippen LogP contribution in [0.2, 0.25) is 0 Å². The molecular formula is C11H14N2O4S. The molecule has 0 bridgehead atoms. The highest BCUT2D eigenvalue weighted by Gasteiger charge is 2.38. The first-order valence-corrected chi connectivity index (χ1v) is 7.10. The lowest BCUT2D eigenvalue weighted by Gasteiger charge is -2.30. The molecule has 2 atom stereocenters. The highest BCUT2D eigenvalue weighted by Crippen LogP contribution is 2.33. The highest BCUT2D eigenvalue weighted by molar-refractivity contribution is 7.92. The van der Waals surface area contributed by atoms with E-state index in [1.807, 2.05) is 0 Å². The van der Waals surface area contributed by atoms with Crippen molar-refractivity contribution < 1.29 is 17.9 Å². The standard InChI is InChI=1S/C11H14N2O4S/c12-10(14)6-18(15,16)9-5-17-8-4-2-1-3-7(8)11(9)13/h1-4,9,11H,5-6,13H2,(H2,12,14). The van der Waals surface area contributed by atoms with E-state index in [1.165, 1.54) is 0 Å². The summed E-state index contributed by atoms with van der Waals surface area (Å²) in [6.45, 7) is -0.0617. The summed E-state index contributed by atoms with van der Waals surface area (Å²) < 4.78 is 29.3. The van der Waals surface area contributed by atoms with E-state index in [0.29, 0.717) is 11.3 Å². The predicted molar refractivity (Wildman–Crippen MR) is 65.6 cm³/mol. The number of para-hydroxylation sites is 1. The van der Waals surface area contributed by atoms with Gasteiger partial charge in [0.05, 0.1) is 6.04 Å². The van der Waals surface area contributed by atoms with Gasteiger partial charge in [0, 0.05) is 5.56 Å². The molecule has 2 rings (SSSR count). The van der Waals surface area contributed by atoms with Crippen LogP contribution in [0.5, 0.6) is 5.75 Å². The lowest BCUT2D eigenvalue weighted by molar-refractivity contribution is -0.115. The average Bonchev–Trinajstić information content (AvgIpc) is 2.27. The monoisotopic (exact) mass is 270 g/mol. The van der Waals surface area contributed by atoms with Crippen LogP contribution in [-0.2, 0) is 14.6 Å². The van der Waals surface area contributed by atoms with Crippen molar-refractivity contribution in [2.45, 2.75) is 11.3 Å². The van der Waals surface area contributed by atoms with Crippen molar-refractivity contribution in [1.29, 1.82) is 0 Å². The van der Waals surface area contributed by atoms with Crippen LogP contribution in [0.3, 0.4) is 0 Å². The Balaban J connectivity index is 2.32. The molecule has 0 radical (unpaired) electrons. The number of carbonyl (C=O) groups is 1. The average molecular weight is 270 g/mol. The number of carbonyl (C=O) groups excluding carboxylic acids is 1. The second-order valence-corrected chi connectivity index (χ2v) is 6.41. The molecule has 0 spiro atoms. The molecule has 4 N–H and O–H groups in total. The smallest absolute Gasteiger partial charge is 0.232 e. The molecule has 7 heteroatoms. The summed E-state index contributed by atoms with van der Waals surface area (Å²) in [6.07, 6.45) is 0. The molecule has 1 aromatic carbocycles. The molecule has 1 amide bonds. The van der Waals surface area contributed by atoms with Crippen LogP contribution >= 0.6 is 0 Å². The molecule has 0 aromatic heterocycles. The molecule has 0 aliphatic carbocycles. The molecule has 1 aliphatic heterocycles. The Hall–Kier alpha value is -1.60. The van der Waals surface area contributed by atoms with E-state index < -0.39 is 32.8 Å². The van der Waals surface area contributed by atoms with E-state index in [-0.39, 0.29) is 6.61 Å². The van der Waals surface area contributed by atoms with Gasteiger partial charge in [-0.25, -0.2) is 8.42 Å². The zero-order valence-corrected chi connectivity index (χ0v) is 10.4. The maximum Gasteiger partial charge on any atom is 0.232 e. The normalized spacial score (nSPS) is 22.9. The van der Waals surface area contributed by atoms with Crippen LogP contribution in [0, 0.1) is 0 Å². The summed E-state index contributed by atoms with van der Waals surface area (Å²) in [6, 6.07) is 6.27. The fraction of sp³-hybridized carbons (Fsp3) is 0.364. The maximum atomic E-state index is 12.0. The third-order valence-corrected chi connectivity index (χ3v) is 4.93. The maximum absolute atomic E-state index is 12.0. The number of ether oxygens (including phenoxy) is 1. The van der Waals surface area contributed by atoms with Gasteiger partial charge in [-0.05, 0) is 6.07 Å². The molecule has 0 fully saturated rings. The molecule has 2 unspecified atom stereocenters. The van der Waals surface area contributed by atoms with Crippen molar-refractivity contribution in [2.24, 2.45) is 11.5 Å². The number of sulfone groups is 1. The summed E-state index contributed by atoms with van der Waals surface area (Å²) in [7, 11) is -3.70. The molecular weight excluding hydrogens is 256 g/mol. The third-order valence-electron chi connectivity index (χ3n) is 2.89. The summed E-state index contributed by atoms with van der Waals surface area (Å²) in [5, 5.41) is -0.945. The number of amides is 1. The van der Waals surface area contributed by atoms with Crippen LogP contribution in [0.25, 0.3) is 0 Å². The first-order valence-electron chi connectivity index (χ1n) is 5.39. The minimum atomic E-state index is -3.70. The topological polar surface area (TPSA) is 112 Å². The van der Waals surface area contributed by atoms with Gasteiger partial charge in [-0.2, -0.15) is 0 Å². The fourth-order valence-electron chi connectivity index (χ4n) is 2.00. The minimum Gasteiger partial charge on any atom is -0.492 e. The minimum absolute atomic E-state index is 0.0617. The Labute approximate surface area is 105 Å². The molecule has 18 heavy (non-hydrogen) atoms. The van der Waals surface area contributed by atoms with E-state index in [0.717, 1.165) is 0 Å². The van der Waals surface area contributed by atoms with E-state index in [2.05, 4.69) is 0 Å². The van der Waals surface area contributed by atoms with Crippen LogP contribution in [0.15, 0.2) is 24.3 Å². The molecule has 1 aromatic rings. The number of fused-ring (bicyclic) bond motifs is 1. The number of benzene rings is 1. The SMILES string of the molecule is NC(=O)CS(=O)(=O)C1COc2ccccc2C1N. The van der Waals surface area contributed by atoms with Crippen LogP contribution in [0.4, 0.5) is 0 Å². The quantitative estimate of drug-likeness (QED) is 0.757. The van der Waals surface area contributed by atoms with E-state index in [1.54, 1.807) is 24.3 Å². The van der Waals surface area contributed by atoms with Crippen molar-refractivity contribution >= 4 is 15.7 Å². The van der Waals surface area contributed by atoms with Gasteiger partial charge in [-0.15, -0.1) is 0 Å². The Morgan fingerprint density at radius 3 is 2.72 bits per heavy atom. The van der Waals surface area contributed by atoms with Gasteiger partial charge >= 0.3 is 0 Å². The largest absolute Gasteiger partial charge is 0.492 e. The highest BCUT2D eigenvalue weighted by atomic mass is 32.2. The van der Waals surface area contributed by atoms with Crippen LogP contribution in [-0.4, -0.2) is 31.9 Å². The van der Waals surface area contributed by atoms with Crippen molar-refractivity contribution in [1.82, 2.24) is 0 Å². The summed E-state index contributed by atoms with van der Waals surface area (Å²) in [5.41, 5.74) is 11.5. The molecule has 98 valence electrons. The van der Waals surface area contributed by atoms with Gasteiger partial charge in [-0.3, -0.25) is 4.79 Å². The van der Waals surface area contributed by atoms with E-state index in [4.69, 9.17) is 16.2 Å². The zero-order valence-electron chi connectivity index (χ0n) is 9.57. The fourth-order valence-corrected chi connectivity index (χ4v) is 3.47. The number of hydrogen-bond acceptors (Lipinski definition) is 5.